The Hall–Kier alpha value is -2.53. The van der Waals surface area contributed by atoms with Gasteiger partial charge in [-0.2, -0.15) is 0 Å². The number of piperazine rings is 1. The first-order chi connectivity index (χ1) is 13.1. The summed E-state index contributed by atoms with van der Waals surface area (Å²) in [4.78, 5) is 30.8. The Bertz CT molecular complexity index is 862. The lowest BCUT2D eigenvalue weighted by Gasteiger charge is -2.36. The van der Waals surface area contributed by atoms with Gasteiger partial charge in [0.15, 0.2) is 0 Å². The molecule has 2 aliphatic heterocycles. The molecule has 4 rings (SSSR count). The lowest BCUT2D eigenvalue weighted by molar-refractivity contribution is -0.117. The highest BCUT2D eigenvalue weighted by atomic mass is 35.5. The maximum absolute atomic E-state index is 12.9. The van der Waals surface area contributed by atoms with Gasteiger partial charge in [-0.3, -0.25) is 9.59 Å². The second kappa shape index (κ2) is 7.61. The second-order valence-electron chi connectivity index (χ2n) is 6.93. The highest BCUT2D eigenvalue weighted by Crippen LogP contribution is 2.27. The van der Waals surface area contributed by atoms with Crippen molar-refractivity contribution in [1.82, 2.24) is 4.90 Å². The van der Waals surface area contributed by atoms with E-state index in [0.717, 1.165) is 42.5 Å². The van der Waals surface area contributed by atoms with Gasteiger partial charge in [-0.05, 0) is 36.8 Å². The van der Waals surface area contributed by atoms with E-state index >= 15 is 0 Å². The number of hydrogen-bond donors (Lipinski definition) is 0. The molecule has 2 aromatic carbocycles. The van der Waals surface area contributed by atoms with E-state index < -0.39 is 0 Å². The molecule has 2 aliphatic rings. The maximum Gasteiger partial charge on any atom is 0.254 e. The van der Waals surface area contributed by atoms with E-state index in [4.69, 9.17) is 11.6 Å². The van der Waals surface area contributed by atoms with Gasteiger partial charge in [0.1, 0.15) is 0 Å². The smallest absolute Gasteiger partial charge is 0.254 e. The summed E-state index contributed by atoms with van der Waals surface area (Å²) in [5.74, 6) is 0.148. The van der Waals surface area contributed by atoms with E-state index in [-0.39, 0.29) is 11.8 Å². The van der Waals surface area contributed by atoms with Gasteiger partial charge in [-0.15, -0.1) is 0 Å². The SMILES string of the molecule is O=C(c1cccc(N2CCCC2=O)c1)N1CCN(c2ccccc2Cl)CC1. The van der Waals surface area contributed by atoms with Crippen LogP contribution in [0.1, 0.15) is 23.2 Å². The minimum Gasteiger partial charge on any atom is -0.367 e. The van der Waals surface area contributed by atoms with Crippen LogP contribution in [0, 0.1) is 0 Å². The number of carbonyl (C=O) groups excluding carboxylic acids is 2. The summed E-state index contributed by atoms with van der Waals surface area (Å²) in [5, 5.41) is 0.736. The molecule has 2 aromatic rings. The predicted molar refractivity (Wildman–Crippen MR) is 108 cm³/mol. The van der Waals surface area contributed by atoms with Crippen molar-refractivity contribution in [3.05, 3.63) is 59.1 Å². The first kappa shape index (κ1) is 17.9. The molecule has 0 aliphatic carbocycles. The first-order valence-corrected chi connectivity index (χ1v) is 9.70. The zero-order valence-corrected chi connectivity index (χ0v) is 15.9. The summed E-state index contributed by atoms with van der Waals surface area (Å²) in [5.41, 5.74) is 2.47. The molecule has 0 saturated carbocycles. The normalized spacial score (nSPS) is 17.5. The highest BCUT2D eigenvalue weighted by Gasteiger charge is 2.25. The molecule has 0 atom stereocenters. The molecule has 0 spiro atoms. The van der Waals surface area contributed by atoms with Crippen molar-refractivity contribution in [3.8, 4) is 0 Å². The number of halogens is 1. The van der Waals surface area contributed by atoms with E-state index in [0.29, 0.717) is 25.1 Å². The molecule has 6 heteroatoms. The second-order valence-corrected chi connectivity index (χ2v) is 7.34. The molecule has 2 heterocycles. The van der Waals surface area contributed by atoms with Crippen LogP contribution >= 0.6 is 11.6 Å². The van der Waals surface area contributed by atoms with Crippen molar-refractivity contribution in [3.63, 3.8) is 0 Å². The van der Waals surface area contributed by atoms with Crippen molar-refractivity contribution in [2.45, 2.75) is 12.8 Å². The summed E-state index contributed by atoms with van der Waals surface area (Å²) < 4.78 is 0. The van der Waals surface area contributed by atoms with Crippen LogP contribution in [0.25, 0.3) is 0 Å². The third-order valence-electron chi connectivity index (χ3n) is 5.24. The molecular weight excluding hydrogens is 362 g/mol. The Morgan fingerprint density at radius 1 is 0.926 bits per heavy atom. The Labute approximate surface area is 164 Å². The van der Waals surface area contributed by atoms with Gasteiger partial charge in [0.05, 0.1) is 10.7 Å². The van der Waals surface area contributed by atoms with Gasteiger partial charge in [0.2, 0.25) is 5.91 Å². The summed E-state index contributed by atoms with van der Waals surface area (Å²) in [6, 6.07) is 15.2. The lowest BCUT2D eigenvalue weighted by Crippen LogP contribution is -2.48. The van der Waals surface area contributed by atoms with E-state index in [1.165, 1.54) is 0 Å². The Morgan fingerprint density at radius 3 is 2.41 bits per heavy atom. The zero-order chi connectivity index (χ0) is 18.8. The Morgan fingerprint density at radius 2 is 1.70 bits per heavy atom. The predicted octanol–water partition coefficient (Wildman–Crippen LogP) is 3.43. The fourth-order valence-corrected chi connectivity index (χ4v) is 4.02. The molecule has 0 N–H and O–H groups in total. The molecule has 0 unspecified atom stereocenters. The van der Waals surface area contributed by atoms with E-state index in [1.807, 2.05) is 53.4 Å². The molecule has 0 radical (unpaired) electrons. The van der Waals surface area contributed by atoms with Crippen molar-refractivity contribution < 1.29 is 9.59 Å². The molecule has 2 saturated heterocycles. The van der Waals surface area contributed by atoms with Crippen LogP contribution < -0.4 is 9.80 Å². The molecule has 140 valence electrons. The number of hydrogen-bond acceptors (Lipinski definition) is 3. The van der Waals surface area contributed by atoms with Crippen molar-refractivity contribution >= 4 is 34.8 Å². The summed E-state index contributed by atoms with van der Waals surface area (Å²) in [6.45, 7) is 3.53. The number of nitrogens with zero attached hydrogens (tertiary/aromatic N) is 3. The average molecular weight is 384 g/mol. The van der Waals surface area contributed by atoms with Crippen LogP contribution in [0.15, 0.2) is 48.5 Å². The molecule has 0 bridgehead atoms. The monoisotopic (exact) mass is 383 g/mol. The summed E-state index contributed by atoms with van der Waals surface area (Å²) in [6.07, 6.45) is 1.46. The molecule has 2 fully saturated rings. The van der Waals surface area contributed by atoms with Crippen molar-refractivity contribution in [2.24, 2.45) is 0 Å². The van der Waals surface area contributed by atoms with Gasteiger partial charge >= 0.3 is 0 Å². The lowest BCUT2D eigenvalue weighted by atomic mass is 10.1. The average Bonchev–Trinajstić information content (AvgIpc) is 3.14. The quantitative estimate of drug-likeness (QED) is 0.815. The largest absolute Gasteiger partial charge is 0.367 e. The van der Waals surface area contributed by atoms with Gasteiger partial charge < -0.3 is 14.7 Å². The molecule has 2 amide bonds. The third kappa shape index (κ3) is 3.65. The van der Waals surface area contributed by atoms with Crippen LogP contribution in [0.4, 0.5) is 11.4 Å². The standard InChI is InChI=1S/C21H22ClN3O2/c22-18-7-1-2-8-19(18)23-11-13-24(14-12-23)21(27)16-5-3-6-17(15-16)25-10-4-9-20(25)26/h1-3,5-8,15H,4,9-14H2. The van der Waals surface area contributed by atoms with Gasteiger partial charge in [0, 0.05) is 50.4 Å². The van der Waals surface area contributed by atoms with Crippen molar-refractivity contribution in [2.75, 3.05) is 42.5 Å². The summed E-state index contributed by atoms with van der Waals surface area (Å²) in [7, 11) is 0. The number of benzene rings is 2. The third-order valence-corrected chi connectivity index (χ3v) is 5.56. The Balaban J connectivity index is 1.44. The molecular formula is C21H22ClN3O2. The van der Waals surface area contributed by atoms with Crippen LogP contribution in [-0.4, -0.2) is 49.4 Å². The van der Waals surface area contributed by atoms with Crippen LogP contribution in [-0.2, 0) is 4.79 Å². The first-order valence-electron chi connectivity index (χ1n) is 9.33. The molecule has 0 aromatic heterocycles. The van der Waals surface area contributed by atoms with Gasteiger partial charge in [-0.1, -0.05) is 29.8 Å². The maximum atomic E-state index is 12.9. The topological polar surface area (TPSA) is 43.9 Å². The number of anilines is 2. The van der Waals surface area contributed by atoms with Gasteiger partial charge in [-0.25, -0.2) is 0 Å². The van der Waals surface area contributed by atoms with Gasteiger partial charge in [0.25, 0.3) is 5.91 Å². The highest BCUT2D eigenvalue weighted by molar-refractivity contribution is 6.33. The fraction of sp³-hybridized carbons (Fsp3) is 0.333. The fourth-order valence-electron chi connectivity index (χ4n) is 3.77. The van der Waals surface area contributed by atoms with E-state index in [1.54, 1.807) is 4.90 Å². The molecule has 5 nitrogen and oxygen atoms in total. The number of rotatable bonds is 3. The minimum absolute atomic E-state index is 0.0160. The van der Waals surface area contributed by atoms with E-state index in [2.05, 4.69) is 4.90 Å². The van der Waals surface area contributed by atoms with E-state index in [9.17, 15) is 9.59 Å². The Kier molecular flexibility index (Phi) is 5.03. The van der Waals surface area contributed by atoms with Crippen LogP contribution in [0.5, 0.6) is 0 Å². The zero-order valence-electron chi connectivity index (χ0n) is 15.1. The number of para-hydroxylation sites is 1. The van der Waals surface area contributed by atoms with Crippen LogP contribution in [0.3, 0.4) is 0 Å². The van der Waals surface area contributed by atoms with Crippen LogP contribution in [0.2, 0.25) is 5.02 Å². The minimum atomic E-state index is 0.0160. The summed E-state index contributed by atoms with van der Waals surface area (Å²) >= 11 is 6.29. The van der Waals surface area contributed by atoms with Crippen molar-refractivity contribution in [1.29, 1.82) is 0 Å². The molecule has 27 heavy (non-hydrogen) atoms. The number of amides is 2. The number of carbonyl (C=O) groups is 2.